The third kappa shape index (κ3) is 3.78. The fourth-order valence-corrected chi connectivity index (χ4v) is 3.85. The van der Waals surface area contributed by atoms with Gasteiger partial charge in [0, 0.05) is 12.6 Å². The minimum absolute atomic E-state index is 0.0309. The normalized spacial score (nSPS) is 17.4. The van der Waals surface area contributed by atoms with Crippen molar-refractivity contribution in [3.05, 3.63) is 29.8 Å². The molecule has 0 saturated heterocycles. The lowest BCUT2D eigenvalue weighted by Crippen LogP contribution is -2.35. The summed E-state index contributed by atoms with van der Waals surface area (Å²) in [4.78, 5) is 0.312. The van der Waals surface area contributed by atoms with Crippen molar-refractivity contribution in [3.8, 4) is 0 Å². The fraction of sp³-hybridized carbons (Fsp3) is 0.571. The van der Waals surface area contributed by atoms with Gasteiger partial charge in [-0.1, -0.05) is 38.0 Å². The molecule has 0 aromatic heterocycles. The van der Waals surface area contributed by atoms with Gasteiger partial charge in [0.25, 0.3) is 0 Å². The number of rotatable bonds is 7. The Hall–Kier alpha value is -0.910. The smallest absolute Gasteiger partial charge is 0.241 e. The maximum atomic E-state index is 12.4. The van der Waals surface area contributed by atoms with Crippen molar-refractivity contribution < 1.29 is 8.42 Å². The summed E-state index contributed by atoms with van der Waals surface area (Å²) >= 11 is 0. The van der Waals surface area contributed by atoms with E-state index < -0.39 is 10.0 Å². The van der Waals surface area contributed by atoms with Gasteiger partial charge in [0.1, 0.15) is 0 Å². The lowest BCUT2D eigenvalue weighted by Gasteiger charge is -2.18. The highest BCUT2D eigenvalue weighted by atomic mass is 32.2. The second-order valence-electron chi connectivity index (χ2n) is 5.22. The quantitative estimate of drug-likeness (QED) is 0.803. The Balaban J connectivity index is 2.15. The Morgan fingerprint density at radius 3 is 2.63 bits per heavy atom. The van der Waals surface area contributed by atoms with E-state index in [1.807, 2.05) is 13.0 Å². The molecule has 3 N–H and O–H groups in total. The molecule has 0 aliphatic heterocycles. The summed E-state index contributed by atoms with van der Waals surface area (Å²) in [6, 6.07) is 6.95. The van der Waals surface area contributed by atoms with Gasteiger partial charge in [-0.05, 0) is 30.4 Å². The van der Waals surface area contributed by atoms with Gasteiger partial charge in [0.05, 0.1) is 4.90 Å². The topological polar surface area (TPSA) is 72.2 Å². The molecule has 0 bridgehead atoms. The van der Waals surface area contributed by atoms with Crippen LogP contribution in [-0.4, -0.2) is 14.5 Å². The van der Waals surface area contributed by atoms with Crippen molar-refractivity contribution in [2.45, 2.75) is 50.1 Å². The predicted octanol–water partition coefficient (Wildman–Crippen LogP) is 2.00. The molecule has 0 spiro atoms. The summed E-state index contributed by atoms with van der Waals surface area (Å²) in [5.41, 5.74) is 6.27. The first kappa shape index (κ1) is 14.5. The van der Waals surface area contributed by atoms with Crippen LogP contribution in [0.25, 0.3) is 0 Å². The highest BCUT2D eigenvalue weighted by molar-refractivity contribution is 7.89. The van der Waals surface area contributed by atoms with Crippen LogP contribution >= 0.6 is 0 Å². The van der Waals surface area contributed by atoms with Gasteiger partial charge in [-0.3, -0.25) is 0 Å². The summed E-state index contributed by atoms with van der Waals surface area (Å²) < 4.78 is 27.7. The van der Waals surface area contributed by atoms with Crippen molar-refractivity contribution >= 4 is 10.0 Å². The molecule has 1 aromatic carbocycles. The van der Waals surface area contributed by atoms with Gasteiger partial charge in [-0.25, -0.2) is 13.1 Å². The van der Waals surface area contributed by atoms with Crippen LogP contribution in [0.5, 0.6) is 0 Å². The third-order valence-corrected chi connectivity index (χ3v) is 5.23. The summed E-state index contributed by atoms with van der Waals surface area (Å²) in [6.45, 7) is 2.25. The fourth-order valence-electron chi connectivity index (χ4n) is 2.27. The van der Waals surface area contributed by atoms with E-state index in [0.717, 1.165) is 12.8 Å². The van der Waals surface area contributed by atoms with E-state index >= 15 is 0 Å². The summed E-state index contributed by atoms with van der Waals surface area (Å²) in [5, 5.41) is 0. The van der Waals surface area contributed by atoms with Crippen LogP contribution in [0.3, 0.4) is 0 Å². The average molecular weight is 282 g/mol. The molecule has 0 heterocycles. The van der Waals surface area contributed by atoms with Gasteiger partial charge in [-0.15, -0.1) is 0 Å². The molecular weight excluding hydrogens is 260 g/mol. The second kappa shape index (κ2) is 6.03. The Bertz CT molecular complexity index is 524. The van der Waals surface area contributed by atoms with E-state index in [-0.39, 0.29) is 12.6 Å². The molecule has 0 radical (unpaired) electrons. The van der Waals surface area contributed by atoms with Gasteiger partial charge in [0.2, 0.25) is 10.0 Å². The van der Waals surface area contributed by atoms with Crippen LogP contribution < -0.4 is 10.5 Å². The zero-order chi connectivity index (χ0) is 13.9. The average Bonchev–Trinajstić information content (AvgIpc) is 3.21. The Morgan fingerprint density at radius 2 is 2.05 bits per heavy atom. The van der Waals surface area contributed by atoms with Crippen LogP contribution in [-0.2, 0) is 16.6 Å². The predicted molar refractivity (Wildman–Crippen MR) is 76.1 cm³/mol. The Kier molecular flexibility index (Phi) is 4.60. The number of hydrogen-bond donors (Lipinski definition) is 2. The van der Waals surface area contributed by atoms with E-state index in [9.17, 15) is 8.42 Å². The molecule has 1 aliphatic rings. The van der Waals surface area contributed by atoms with Crippen molar-refractivity contribution in [1.29, 1.82) is 0 Å². The van der Waals surface area contributed by atoms with Crippen LogP contribution in [0.1, 0.15) is 38.2 Å². The van der Waals surface area contributed by atoms with Crippen LogP contribution in [0.4, 0.5) is 0 Å². The zero-order valence-electron chi connectivity index (χ0n) is 11.3. The lowest BCUT2D eigenvalue weighted by atomic mass is 10.1. The minimum atomic E-state index is -3.46. The van der Waals surface area contributed by atoms with Crippen LogP contribution in [0, 0.1) is 5.92 Å². The van der Waals surface area contributed by atoms with E-state index in [1.54, 1.807) is 18.2 Å². The first-order valence-corrected chi connectivity index (χ1v) is 8.35. The molecule has 1 aromatic rings. The van der Waals surface area contributed by atoms with Crippen molar-refractivity contribution in [3.63, 3.8) is 0 Å². The monoisotopic (exact) mass is 282 g/mol. The van der Waals surface area contributed by atoms with Crippen LogP contribution in [0.2, 0.25) is 0 Å². The van der Waals surface area contributed by atoms with E-state index in [1.165, 1.54) is 12.8 Å². The Morgan fingerprint density at radius 1 is 1.37 bits per heavy atom. The molecule has 0 amide bonds. The summed E-state index contributed by atoms with van der Waals surface area (Å²) in [6.07, 6.45) is 4.23. The molecule has 1 saturated carbocycles. The molecule has 1 fully saturated rings. The number of nitrogens with two attached hydrogens (primary N) is 1. The molecule has 2 rings (SSSR count). The Labute approximate surface area is 115 Å². The van der Waals surface area contributed by atoms with E-state index in [4.69, 9.17) is 5.73 Å². The second-order valence-corrected chi connectivity index (χ2v) is 6.90. The van der Waals surface area contributed by atoms with E-state index in [2.05, 4.69) is 4.72 Å². The first-order chi connectivity index (χ1) is 9.06. The largest absolute Gasteiger partial charge is 0.326 e. The molecular formula is C14H22N2O2S. The number of benzene rings is 1. The maximum absolute atomic E-state index is 12.4. The van der Waals surface area contributed by atoms with Crippen molar-refractivity contribution in [2.75, 3.05) is 0 Å². The lowest BCUT2D eigenvalue weighted by molar-refractivity contribution is 0.495. The van der Waals surface area contributed by atoms with Crippen molar-refractivity contribution in [1.82, 2.24) is 4.72 Å². The minimum Gasteiger partial charge on any atom is -0.326 e. The molecule has 1 unspecified atom stereocenters. The van der Waals surface area contributed by atoms with Gasteiger partial charge in [0.15, 0.2) is 0 Å². The number of nitrogens with one attached hydrogen (secondary N) is 1. The summed E-state index contributed by atoms with van der Waals surface area (Å²) in [7, 11) is -3.46. The highest BCUT2D eigenvalue weighted by Crippen LogP contribution is 2.34. The molecule has 1 atom stereocenters. The molecule has 19 heavy (non-hydrogen) atoms. The molecule has 1 aliphatic carbocycles. The maximum Gasteiger partial charge on any atom is 0.241 e. The SMILES string of the molecule is CCC(CC1CC1)NS(=O)(=O)c1ccccc1CN. The van der Waals surface area contributed by atoms with Gasteiger partial charge in [-0.2, -0.15) is 0 Å². The van der Waals surface area contributed by atoms with Gasteiger partial charge >= 0.3 is 0 Å². The molecule has 5 heteroatoms. The molecule has 4 nitrogen and oxygen atoms in total. The number of hydrogen-bond acceptors (Lipinski definition) is 3. The molecule has 106 valence electrons. The van der Waals surface area contributed by atoms with Crippen molar-refractivity contribution in [2.24, 2.45) is 11.7 Å². The zero-order valence-corrected chi connectivity index (χ0v) is 12.1. The third-order valence-electron chi connectivity index (χ3n) is 3.61. The van der Waals surface area contributed by atoms with Gasteiger partial charge < -0.3 is 5.73 Å². The number of sulfonamides is 1. The van der Waals surface area contributed by atoms with Crippen LogP contribution in [0.15, 0.2) is 29.2 Å². The van der Waals surface area contributed by atoms with E-state index in [0.29, 0.717) is 16.4 Å². The summed E-state index contributed by atoms with van der Waals surface area (Å²) in [5.74, 6) is 0.706. The first-order valence-electron chi connectivity index (χ1n) is 6.87. The highest BCUT2D eigenvalue weighted by Gasteiger charge is 2.28. The standard InChI is InChI=1S/C14H22N2O2S/c1-2-13(9-11-7-8-11)16-19(17,18)14-6-4-3-5-12(14)10-15/h3-6,11,13,16H,2,7-10,15H2,1H3.